The average Bonchev–Trinajstić information content (AvgIpc) is 3.09. The maximum atomic E-state index is 12.7. The molecule has 0 aromatic heterocycles. The topological polar surface area (TPSA) is 105 Å². The number of carbonyl (C=O) groups is 3. The Morgan fingerprint density at radius 1 is 0.939 bits per heavy atom. The van der Waals surface area contributed by atoms with Crippen molar-refractivity contribution in [3.63, 3.8) is 0 Å². The molecule has 0 saturated carbocycles. The van der Waals surface area contributed by atoms with Crippen LogP contribution < -0.4 is 10.6 Å². The maximum absolute atomic E-state index is 12.7. The van der Waals surface area contributed by atoms with Gasteiger partial charge in [-0.1, -0.05) is 62.4 Å². The lowest BCUT2D eigenvalue weighted by Crippen LogP contribution is -2.50. The first-order chi connectivity index (χ1) is 15.8. The normalized spacial score (nSPS) is 14.2. The van der Waals surface area contributed by atoms with Crippen molar-refractivity contribution in [3.8, 4) is 11.1 Å². The van der Waals surface area contributed by atoms with Crippen LogP contribution in [-0.2, 0) is 14.3 Å². The molecule has 0 radical (unpaired) electrons. The third-order valence-electron chi connectivity index (χ3n) is 5.84. The summed E-state index contributed by atoms with van der Waals surface area (Å²) in [5.74, 6) is -1.14. The number of benzene rings is 2. The molecule has 1 aliphatic rings. The first-order valence-electron chi connectivity index (χ1n) is 11.4. The minimum absolute atomic E-state index is 0.0316. The second kappa shape index (κ2) is 11.0. The lowest BCUT2D eigenvalue weighted by molar-refractivity contribution is -0.137. The summed E-state index contributed by atoms with van der Waals surface area (Å²) in [6.45, 7) is 5.85. The number of amides is 2. The van der Waals surface area contributed by atoms with Gasteiger partial charge in [-0.2, -0.15) is 0 Å². The molecule has 0 spiro atoms. The Balaban J connectivity index is 1.61. The van der Waals surface area contributed by atoms with Crippen LogP contribution in [0.1, 0.15) is 57.1 Å². The molecule has 0 saturated heterocycles. The Morgan fingerprint density at radius 3 is 2.06 bits per heavy atom. The SMILES string of the molecule is CC(C)C[C@@H](NC(=O)OCC1c2ccccc2-c2ccccc21)C(=O)NC(C)CCC(=O)O. The molecule has 3 rings (SSSR count). The number of hydrogen-bond donors (Lipinski definition) is 3. The van der Waals surface area contributed by atoms with Gasteiger partial charge in [-0.3, -0.25) is 9.59 Å². The average molecular weight is 453 g/mol. The number of carbonyl (C=O) groups excluding carboxylic acids is 2. The molecule has 2 amide bonds. The van der Waals surface area contributed by atoms with Crippen molar-refractivity contribution >= 4 is 18.0 Å². The van der Waals surface area contributed by atoms with E-state index in [1.165, 1.54) is 0 Å². The maximum Gasteiger partial charge on any atom is 0.407 e. The van der Waals surface area contributed by atoms with Crippen LogP contribution in [0.5, 0.6) is 0 Å². The summed E-state index contributed by atoms with van der Waals surface area (Å²) in [5, 5.41) is 14.3. The van der Waals surface area contributed by atoms with E-state index in [9.17, 15) is 14.4 Å². The van der Waals surface area contributed by atoms with Crippen molar-refractivity contribution in [2.75, 3.05) is 6.61 Å². The van der Waals surface area contributed by atoms with Gasteiger partial charge < -0.3 is 20.5 Å². The van der Waals surface area contributed by atoms with E-state index in [-0.39, 0.29) is 36.8 Å². The first kappa shape index (κ1) is 24.3. The Kier molecular flexibility index (Phi) is 8.09. The number of fused-ring (bicyclic) bond motifs is 3. The van der Waals surface area contributed by atoms with Gasteiger partial charge in [-0.05, 0) is 47.9 Å². The predicted molar refractivity (Wildman–Crippen MR) is 126 cm³/mol. The molecule has 0 aliphatic heterocycles. The van der Waals surface area contributed by atoms with Gasteiger partial charge in [0.2, 0.25) is 5.91 Å². The second-order valence-corrected chi connectivity index (χ2v) is 8.99. The third kappa shape index (κ3) is 6.34. The molecule has 33 heavy (non-hydrogen) atoms. The van der Waals surface area contributed by atoms with Gasteiger partial charge in [-0.25, -0.2) is 4.79 Å². The number of carboxylic acids is 1. The number of carboxylic acid groups (broad SMARTS) is 1. The number of hydrogen-bond acceptors (Lipinski definition) is 4. The van der Waals surface area contributed by atoms with Crippen LogP contribution in [-0.4, -0.2) is 41.8 Å². The van der Waals surface area contributed by atoms with E-state index in [1.54, 1.807) is 6.92 Å². The zero-order chi connectivity index (χ0) is 24.0. The molecular formula is C26H32N2O5. The molecule has 0 heterocycles. The van der Waals surface area contributed by atoms with Crippen LogP contribution in [0.3, 0.4) is 0 Å². The molecule has 176 valence electrons. The second-order valence-electron chi connectivity index (χ2n) is 8.99. The zero-order valence-corrected chi connectivity index (χ0v) is 19.3. The molecular weight excluding hydrogens is 420 g/mol. The molecule has 7 heteroatoms. The monoisotopic (exact) mass is 452 g/mol. The number of ether oxygens (including phenoxy) is 1. The number of rotatable bonds is 10. The van der Waals surface area contributed by atoms with E-state index >= 15 is 0 Å². The van der Waals surface area contributed by atoms with Gasteiger partial charge in [0.1, 0.15) is 12.6 Å². The highest BCUT2D eigenvalue weighted by molar-refractivity contribution is 5.86. The van der Waals surface area contributed by atoms with E-state index in [1.807, 2.05) is 38.1 Å². The molecule has 3 N–H and O–H groups in total. The summed E-state index contributed by atoms with van der Waals surface area (Å²) in [5.41, 5.74) is 4.54. The molecule has 1 aliphatic carbocycles. The molecule has 1 unspecified atom stereocenters. The van der Waals surface area contributed by atoms with Gasteiger partial charge >= 0.3 is 12.1 Å². The Hall–Kier alpha value is -3.35. The quantitative estimate of drug-likeness (QED) is 0.498. The molecule has 0 bridgehead atoms. The van der Waals surface area contributed by atoms with Crippen LogP contribution >= 0.6 is 0 Å². The zero-order valence-electron chi connectivity index (χ0n) is 19.3. The summed E-state index contributed by atoms with van der Waals surface area (Å²) in [4.78, 5) is 36.1. The van der Waals surface area contributed by atoms with E-state index < -0.39 is 18.1 Å². The van der Waals surface area contributed by atoms with Crippen molar-refractivity contribution in [1.29, 1.82) is 0 Å². The smallest absolute Gasteiger partial charge is 0.407 e. The van der Waals surface area contributed by atoms with Crippen LogP contribution in [0, 0.1) is 5.92 Å². The van der Waals surface area contributed by atoms with Gasteiger partial charge in [0.25, 0.3) is 0 Å². The summed E-state index contributed by atoms with van der Waals surface area (Å²) in [6, 6.07) is 15.1. The summed E-state index contributed by atoms with van der Waals surface area (Å²) in [7, 11) is 0. The van der Waals surface area contributed by atoms with Crippen LogP contribution in [0.2, 0.25) is 0 Å². The fourth-order valence-corrected chi connectivity index (χ4v) is 4.24. The van der Waals surface area contributed by atoms with Crippen molar-refractivity contribution in [3.05, 3.63) is 59.7 Å². The molecule has 0 fully saturated rings. The van der Waals surface area contributed by atoms with Crippen LogP contribution in [0.4, 0.5) is 4.79 Å². The van der Waals surface area contributed by atoms with Crippen molar-refractivity contribution in [2.45, 2.75) is 58.0 Å². The number of nitrogens with one attached hydrogen (secondary N) is 2. The van der Waals surface area contributed by atoms with E-state index in [0.29, 0.717) is 12.8 Å². The number of aliphatic carboxylic acids is 1. The fraction of sp³-hybridized carbons (Fsp3) is 0.423. The van der Waals surface area contributed by atoms with Crippen molar-refractivity contribution in [1.82, 2.24) is 10.6 Å². The highest BCUT2D eigenvalue weighted by atomic mass is 16.5. The van der Waals surface area contributed by atoms with E-state index in [4.69, 9.17) is 9.84 Å². The van der Waals surface area contributed by atoms with Gasteiger partial charge in [0, 0.05) is 18.4 Å². The highest BCUT2D eigenvalue weighted by Crippen LogP contribution is 2.44. The lowest BCUT2D eigenvalue weighted by atomic mass is 9.98. The number of alkyl carbamates (subject to hydrolysis) is 1. The third-order valence-corrected chi connectivity index (χ3v) is 5.84. The molecule has 2 atom stereocenters. The van der Waals surface area contributed by atoms with Gasteiger partial charge in [0.15, 0.2) is 0 Å². The van der Waals surface area contributed by atoms with Crippen molar-refractivity contribution in [2.24, 2.45) is 5.92 Å². The first-order valence-corrected chi connectivity index (χ1v) is 11.4. The lowest BCUT2D eigenvalue weighted by Gasteiger charge is -2.23. The minimum Gasteiger partial charge on any atom is -0.481 e. The molecule has 2 aromatic rings. The van der Waals surface area contributed by atoms with Gasteiger partial charge in [-0.15, -0.1) is 0 Å². The Morgan fingerprint density at radius 2 is 1.52 bits per heavy atom. The molecule has 7 nitrogen and oxygen atoms in total. The predicted octanol–water partition coefficient (Wildman–Crippen LogP) is 4.31. The summed E-state index contributed by atoms with van der Waals surface area (Å²) in [6.07, 6.45) is 0.0916. The highest BCUT2D eigenvalue weighted by Gasteiger charge is 2.30. The molecule has 2 aromatic carbocycles. The van der Waals surface area contributed by atoms with E-state index in [0.717, 1.165) is 22.3 Å². The Bertz CT molecular complexity index is 958. The Labute approximate surface area is 194 Å². The van der Waals surface area contributed by atoms with Crippen LogP contribution in [0.15, 0.2) is 48.5 Å². The summed E-state index contributed by atoms with van der Waals surface area (Å²) >= 11 is 0. The van der Waals surface area contributed by atoms with E-state index in [2.05, 4.69) is 34.9 Å². The summed E-state index contributed by atoms with van der Waals surface area (Å²) < 4.78 is 5.58. The fourth-order valence-electron chi connectivity index (χ4n) is 4.24. The minimum atomic E-state index is -0.911. The van der Waals surface area contributed by atoms with Crippen molar-refractivity contribution < 1.29 is 24.2 Å². The van der Waals surface area contributed by atoms with Gasteiger partial charge in [0.05, 0.1) is 0 Å². The van der Waals surface area contributed by atoms with Crippen LogP contribution in [0.25, 0.3) is 11.1 Å². The standard InChI is InChI=1S/C26H32N2O5/c1-16(2)14-23(25(31)27-17(3)12-13-24(29)30)28-26(32)33-15-22-20-10-6-4-8-18(20)19-9-5-7-11-21(19)22/h4-11,16-17,22-23H,12-15H2,1-3H3,(H,27,31)(H,28,32)(H,29,30)/t17?,23-/m1/s1. The largest absolute Gasteiger partial charge is 0.481 e.